The van der Waals surface area contributed by atoms with Crippen molar-refractivity contribution < 1.29 is 4.74 Å². The third kappa shape index (κ3) is 3.74. The summed E-state index contributed by atoms with van der Waals surface area (Å²) >= 11 is 3.55. The molecule has 1 N–H and O–H groups in total. The second kappa shape index (κ2) is 6.92. The second-order valence-electron chi connectivity index (χ2n) is 5.99. The van der Waals surface area contributed by atoms with E-state index in [0.29, 0.717) is 18.0 Å². The van der Waals surface area contributed by atoms with E-state index in [1.54, 1.807) is 7.11 Å². The van der Waals surface area contributed by atoms with Crippen LogP contribution in [0.15, 0.2) is 22.7 Å². The van der Waals surface area contributed by atoms with Crippen molar-refractivity contribution in [2.45, 2.75) is 39.4 Å². The summed E-state index contributed by atoms with van der Waals surface area (Å²) in [6, 6.07) is 7.35. The van der Waals surface area contributed by atoms with Gasteiger partial charge in [0.15, 0.2) is 0 Å². The normalized spacial score (nSPS) is 24.1. The van der Waals surface area contributed by atoms with Crippen LogP contribution in [0.2, 0.25) is 0 Å². The summed E-state index contributed by atoms with van der Waals surface area (Å²) in [7, 11) is 1.74. The van der Waals surface area contributed by atoms with Crippen LogP contribution < -0.4 is 10.1 Å². The maximum Gasteiger partial charge on any atom is 0.123 e. The lowest BCUT2D eigenvalue weighted by molar-refractivity contribution is 0.115. The van der Waals surface area contributed by atoms with Gasteiger partial charge in [-0.05, 0) is 31.0 Å². The molecule has 1 aliphatic heterocycles. The van der Waals surface area contributed by atoms with Crippen molar-refractivity contribution in [2.24, 2.45) is 5.92 Å². The van der Waals surface area contributed by atoms with Gasteiger partial charge in [0.2, 0.25) is 0 Å². The van der Waals surface area contributed by atoms with Gasteiger partial charge in [-0.1, -0.05) is 29.8 Å². The Morgan fingerprint density at radius 2 is 2.20 bits per heavy atom. The highest BCUT2D eigenvalue weighted by atomic mass is 79.9. The number of benzene rings is 1. The van der Waals surface area contributed by atoms with Crippen LogP contribution >= 0.6 is 15.9 Å². The van der Waals surface area contributed by atoms with Crippen LogP contribution in [0.1, 0.15) is 26.3 Å². The second-order valence-corrected chi connectivity index (χ2v) is 6.91. The van der Waals surface area contributed by atoms with Crippen LogP contribution in [0.25, 0.3) is 0 Å². The zero-order valence-electron chi connectivity index (χ0n) is 12.8. The van der Waals surface area contributed by atoms with E-state index in [4.69, 9.17) is 4.74 Å². The largest absolute Gasteiger partial charge is 0.496 e. The molecule has 0 radical (unpaired) electrons. The number of nitrogens with zero attached hydrogens (tertiary/aromatic N) is 1. The fraction of sp³-hybridized carbons (Fsp3) is 0.625. The Bertz CT molecular complexity index is 450. The van der Waals surface area contributed by atoms with Crippen molar-refractivity contribution in [1.29, 1.82) is 0 Å². The van der Waals surface area contributed by atoms with Crippen LogP contribution in [0.3, 0.4) is 0 Å². The van der Waals surface area contributed by atoms with E-state index >= 15 is 0 Å². The summed E-state index contributed by atoms with van der Waals surface area (Å²) in [6.07, 6.45) is 0. The van der Waals surface area contributed by atoms with Crippen LogP contribution in [0.4, 0.5) is 0 Å². The highest BCUT2D eigenvalue weighted by Crippen LogP contribution is 2.26. The summed E-state index contributed by atoms with van der Waals surface area (Å²) in [4.78, 5) is 2.55. The minimum Gasteiger partial charge on any atom is -0.496 e. The molecule has 1 saturated heterocycles. The number of ether oxygens (including phenoxy) is 1. The maximum absolute atomic E-state index is 5.49. The predicted molar refractivity (Wildman–Crippen MR) is 87.2 cm³/mol. The summed E-state index contributed by atoms with van der Waals surface area (Å²) in [6.45, 7) is 9.94. The highest BCUT2D eigenvalue weighted by molar-refractivity contribution is 9.10. The van der Waals surface area contributed by atoms with E-state index in [9.17, 15) is 0 Å². The molecule has 1 fully saturated rings. The van der Waals surface area contributed by atoms with Crippen LogP contribution in [-0.2, 0) is 6.54 Å². The average molecular weight is 341 g/mol. The Kier molecular flexibility index (Phi) is 5.47. The molecule has 2 unspecified atom stereocenters. The van der Waals surface area contributed by atoms with E-state index in [1.165, 1.54) is 5.56 Å². The molecule has 0 aromatic heterocycles. The van der Waals surface area contributed by atoms with Gasteiger partial charge in [-0.15, -0.1) is 0 Å². The molecule has 1 aromatic carbocycles. The standard InChI is InChI=1S/C16H25BrN2O/c1-11(2)15-10-19(12(3)8-18-15)9-13-7-14(17)5-6-16(13)20-4/h5-7,11-12,15,18H,8-10H2,1-4H3. The molecule has 4 heteroatoms. The zero-order valence-corrected chi connectivity index (χ0v) is 14.4. The molecule has 0 amide bonds. The summed E-state index contributed by atoms with van der Waals surface area (Å²) < 4.78 is 6.60. The Balaban J connectivity index is 2.13. The van der Waals surface area contributed by atoms with E-state index in [1.807, 2.05) is 12.1 Å². The van der Waals surface area contributed by atoms with Crippen molar-refractivity contribution in [2.75, 3.05) is 20.2 Å². The lowest BCUT2D eigenvalue weighted by atomic mass is 9.99. The first-order valence-corrected chi connectivity index (χ1v) is 8.10. The third-order valence-electron chi connectivity index (χ3n) is 4.15. The number of hydrogen-bond donors (Lipinski definition) is 1. The van der Waals surface area contributed by atoms with Gasteiger partial charge in [0.25, 0.3) is 0 Å². The SMILES string of the molecule is COc1ccc(Br)cc1CN1CC(C(C)C)NCC1C. The number of piperazine rings is 1. The molecule has 2 atom stereocenters. The molecule has 1 heterocycles. The van der Waals surface area contributed by atoms with Crippen molar-refractivity contribution >= 4 is 15.9 Å². The van der Waals surface area contributed by atoms with Crippen molar-refractivity contribution in [3.8, 4) is 5.75 Å². The van der Waals surface area contributed by atoms with Crippen molar-refractivity contribution in [3.63, 3.8) is 0 Å². The lowest BCUT2D eigenvalue weighted by Gasteiger charge is -2.40. The first kappa shape index (κ1) is 15.8. The molecular weight excluding hydrogens is 316 g/mol. The molecule has 2 rings (SSSR count). The molecule has 1 aliphatic rings. The monoisotopic (exact) mass is 340 g/mol. The number of rotatable bonds is 4. The van der Waals surface area contributed by atoms with Gasteiger partial charge in [0, 0.05) is 41.8 Å². The van der Waals surface area contributed by atoms with E-state index in [2.05, 4.69) is 53.0 Å². The first-order valence-electron chi connectivity index (χ1n) is 7.31. The zero-order chi connectivity index (χ0) is 14.7. The topological polar surface area (TPSA) is 24.5 Å². The molecular formula is C16H25BrN2O. The number of hydrogen-bond acceptors (Lipinski definition) is 3. The molecule has 0 spiro atoms. The van der Waals surface area contributed by atoms with Gasteiger partial charge in [-0.2, -0.15) is 0 Å². The van der Waals surface area contributed by atoms with E-state index in [0.717, 1.165) is 29.9 Å². The summed E-state index contributed by atoms with van der Waals surface area (Å²) in [5, 5.41) is 3.64. The molecule has 3 nitrogen and oxygen atoms in total. The van der Waals surface area contributed by atoms with Gasteiger partial charge in [-0.25, -0.2) is 0 Å². The molecule has 112 valence electrons. The Morgan fingerprint density at radius 1 is 1.45 bits per heavy atom. The quantitative estimate of drug-likeness (QED) is 0.910. The van der Waals surface area contributed by atoms with E-state index in [-0.39, 0.29) is 0 Å². The third-order valence-corrected chi connectivity index (χ3v) is 4.64. The fourth-order valence-corrected chi connectivity index (χ4v) is 3.11. The number of methoxy groups -OCH3 is 1. The Labute approximate surface area is 130 Å². The van der Waals surface area contributed by atoms with Crippen LogP contribution in [0.5, 0.6) is 5.75 Å². The molecule has 1 aromatic rings. The number of nitrogens with one attached hydrogen (secondary N) is 1. The van der Waals surface area contributed by atoms with Gasteiger partial charge >= 0.3 is 0 Å². The Hall–Kier alpha value is -0.580. The van der Waals surface area contributed by atoms with Gasteiger partial charge in [0.1, 0.15) is 5.75 Å². The Morgan fingerprint density at radius 3 is 2.85 bits per heavy atom. The lowest BCUT2D eigenvalue weighted by Crippen LogP contribution is -2.56. The number of halogens is 1. The van der Waals surface area contributed by atoms with Gasteiger partial charge < -0.3 is 10.1 Å². The van der Waals surface area contributed by atoms with Gasteiger partial charge in [0.05, 0.1) is 7.11 Å². The van der Waals surface area contributed by atoms with E-state index < -0.39 is 0 Å². The highest BCUT2D eigenvalue weighted by Gasteiger charge is 2.27. The predicted octanol–water partition coefficient (Wildman–Crippen LogP) is 3.28. The summed E-state index contributed by atoms with van der Waals surface area (Å²) in [5.41, 5.74) is 1.25. The minimum absolute atomic E-state index is 0.550. The summed E-state index contributed by atoms with van der Waals surface area (Å²) in [5.74, 6) is 1.63. The van der Waals surface area contributed by atoms with Crippen molar-refractivity contribution in [1.82, 2.24) is 10.2 Å². The molecule has 20 heavy (non-hydrogen) atoms. The first-order chi connectivity index (χ1) is 9.51. The van der Waals surface area contributed by atoms with Gasteiger partial charge in [-0.3, -0.25) is 4.90 Å². The van der Waals surface area contributed by atoms with Crippen molar-refractivity contribution in [3.05, 3.63) is 28.2 Å². The average Bonchev–Trinajstić information content (AvgIpc) is 2.41. The fourth-order valence-electron chi connectivity index (χ4n) is 2.70. The van der Waals surface area contributed by atoms with Crippen LogP contribution in [-0.4, -0.2) is 37.2 Å². The maximum atomic E-state index is 5.49. The van der Waals surface area contributed by atoms with Crippen LogP contribution in [0, 0.1) is 5.92 Å². The molecule has 0 bridgehead atoms. The smallest absolute Gasteiger partial charge is 0.123 e. The molecule has 0 aliphatic carbocycles. The minimum atomic E-state index is 0.550. The molecule has 0 saturated carbocycles.